The van der Waals surface area contributed by atoms with Gasteiger partial charge in [0.2, 0.25) is 0 Å². The topological polar surface area (TPSA) is 108 Å². The zero-order valence-corrected chi connectivity index (χ0v) is 32.3. The fourth-order valence-corrected chi connectivity index (χ4v) is 8.01. The number of benzene rings is 1. The third kappa shape index (κ3) is 7.73. The summed E-state index contributed by atoms with van der Waals surface area (Å²) < 4.78 is 46.6. The summed E-state index contributed by atoms with van der Waals surface area (Å²) in [5, 5.41) is 22.5. The highest BCUT2D eigenvalue weighted by Crippen LogP contribution is 2.46. The molecule has 1 aliphatic heterocycles. The van der Waals surface area contributed by atoms with Crippen LogP contribution in [0.25, 0.3) is 49.2 Å². The van der Waals surface area contributed by atoms with Crippen molar-refractivity contribution in [3.8, 4) is 22.6 Å². The van der Waals surface area contributed by atoms with Crippen LogP contribution >= 0.6 is 11.3 Å². The Hall–Kier alpha value is -4.62. The van der Waals surface area contributed by atoms with Crippen molar-refractivity contribution in [1.29, 1.82) is 0 Å². The summed E-state index contributed by atoms with van der Waals surface area (Å²) in [5.74, 6) is -0.484. The Morgan fingerprint density at radius 3 is 2.64 bits per heavy atom. The molecule has 1 N–H and O–H groups in total. The van der Waals surface area contributed by atoms with E-state index in [0.29, 0.717) is 42.0 Å². The maximum Gasteiger partial charge on any atom is 0.410 e. The average molecular weight is 747 g/mol. The molecule has 10 nitrogen and oxygen atoms in total. The number of thiophene rings is 1. The van der Waals surface area contributed by atoms with E-state index < -0.39 is 30.1 Å². The second-order valence-corrected chi connectivity index (χ2v) is 15.1. The Morgan fingerprint density at radius 2 is 1.91 bits per heavy atom. The number of ether oxygens (including phenoxy) is 2. The monoisotopic (exact) mass is 746 g/mol. The number of aromatic nitrogens is 5. The number of pyridine rings is 1. The predicted octanol–water partition coefficient (Wildman–Crippen LogP) is 9.36. The second kappa shape index (κ2) is 15.8. The van der Waals surface area contributed by atoms with E-state index in [2.05, 4.69) is 5.10 Å². The number of hydrogen-bond acceptors (Lipinski definition) is 8. The first-order valence-corrected chi connectivity index (χ1v) is 19.1. The molecule has 5 aromatic rings. The lowest BCUT2D eigenvalue weighted by Crippen LogP contribution is -2.48. The lowest BCUT2D eigenvalue weighted by Gasteiger charge is -2.37. The van der Waals surface area contributed by atoms with Gasteiger partial charge in [0.25, 0.3) is 0 Å². The molecule has 0 radical (unpaired) electrons. The molecular formula is C40H48F2N6O4S. The molecule has 1 amide bonds. The molecule has 7 rings (SSSR count). The van der Waals surface area contributed by atoms with Crippen LogP contribution in [0.3, 0.4) is 0 Å². The Kier molecular flexibility index (Phi) is 11.3. The number of hydrogen-bond donors (Lipinski definition) is 1. The smallest absolute Gasteiger partial charge is 0.410 e. The van der Waals surface area contributed by atoms with E-state index in [1.54, 1.807) is 4.90 Å². The van der Waals surface area contributed by atoms with E-state index in [4.69, 9.17) is 19.6 Å². The van der Waals surface area contributed by atoms with Gasteiger partial charge in [0.1, 0.15) is 34.7 Å². The zero-order chi connectivity index (χ0) is 38.0. The SMILES string of the molecule is CC.COC1=C(c2c(-c3cc4n(n3)CC(CCCCCO)N(C(=O)OC(C)(C)C)C4)nc(-c3ccc4c(cnn4C)c3)c3ccsc23)C(F)CC(F)=C1. The van der Waals surface area contributed by atoms with Gasteiger partial charge >= 0.3 is 6.09 Å². The molecule has 0 saturated carbocycles. The van der Waals surface area contributed by atoms with Crippen molar-refractivity contribution < 1.29 is 28.2 Å². The number of fused-ring (bicyclic) bond motifs is 3. The van der Waals surface area contributed by atoms with E-state index in [-0.39, 0.29) is 30.5 Å². The minimum absolute atomic E-state index is 0.108. The van der Waals surface area contributed by atoms with Gasteiger partial charge < -0.3 is 14.6 Å². The Balaban J connectivity index is 0.00000236. The van der Waals surface area contributed by atoms with Gasteiger partial charge in [0.05, 0.1) is 49.3 Å². The number of nitrogens with zero attached hydrogens (tertiary/aromatic N) is 6. The summed E-state index contributed by atoms with van der Waals surface area (Å²) in [4.78, 5) is 20.5. The molecule has 2 atom stereocenters. The van der Waals surface area contributed by atoms with Gasteiger partial charge in [-0.2, -0.15) is 10.2 Å². The van der Waals surface area contributed by atoms with Crippen molar-refractivity contribution in [2.75, 3.05) is 13.7 Å². The number of aryl methyl sites for hydroxylation is 1. The number of carbonyl (C=O) groups excluding carboxylic acids is 1. The van der Waals surface area contributed by atoms with Crippen molar-refractivity contribution in [2.24, 2.45) is 7.05 Å². The van der Waals surface area contributed by atoms with Crippen molar-refractivity contribution in [3.05, 3.63) is 70.8 Å². The Bertz CT molecular complexity index is 2180. The highest BCUT2D eigenvalue weighted by atomic mass is 32.1. The molecular weight excluding hydrogens is 699 g/mol. The fraction of sp³-hybridized carbons (Fsp3) is 0.450. The van der Waals surface area contributed by atoms with Gasteiger partial charge in [-0.15, -0.1) is 11.3 Å². The van der Waals surface area contributed by atoms with Crippen LogP contribution < -0.4 is 0 Å². The summed E-state index contributed by atoms with van der Waals surface area (Å²) in [6, 6.07) is 9.74. The van der Waals surface area contributed by atoms with Crippen LogP contribution in [0.15, 0.2) is 59.6 Å². The standard InChI is InChI=1S/C38H42F2N6O4S.C2H6/c1-38(2,3)50-37(48)45-20-26-18-29(43-46(26)21-25(45)9-7-6-8-13-47)35-33(32-28(40)16-24(39)17-31(32)49-5)36-27(12-14-51-36)34(42-35)22-10-11-30-23(15-22)19-41-44(30)4;1-2/h10-12,14-15,17-19,25,28,47H,6-9,13,16,20-21H2,1-5H3;1-2H3. The fourth-order valence-electron chi connectivity index (χ4n) is 7.05. The number of aliphatic hydroxyl groups excluding tert-OH is 1. The van der Waals surface area contributed by atoms with Crippen LogP contribution in [0.2, 0.25) is 0 Å². The lowest BCUT2D eigenvalue weighted by molar-refractivity contribution is 0.00525. The minimum atomic E-state index is -1.67. The molecule has 4 aromatic heterocycles. The van der Waals surface area contributed by atoms with Crippen molar-refractivity contribution in [2.45, 2.75) is 97.6 Å². The zero-order valence-electron chi connectivity index (χ0n) is 31.4. The van der Waals surface area contributed by atoms with Crippen molar-refractivity contribution in [1.82, 2.24) is 29.4 Å². The van der Waals surface area contributed by atoms with Gasteiger partial charge in [-0.25, -0.2) is 18.6 Å². The third-order valence-corrected chi connectivity index (χ3v) is 10.4. The summed E-state index contributed by atoms with van der Waals surface area (Å²) in [7, 11) is 3.30. The molecule has 282 valence electrons. The lowest BCUT2D eigenvalue weighted by atomic mass is 9.90. The van der Waals surface area contributed by atoms with Crippen molar-refractivity contribution >= 4 is 44.0 Å². The number of aliphatic hydroxyl groups is 1. The van der Waals surface area contributed by atoms with E-state index >= 15 is 4.39 Å². The number of carbonyl (C=O) groups is 1. The van der Waals surface area contributed by atoms with Crippen LogP contribution in [-0.2, 0) is 29.6 Å². The van der Waals surface area contributed by atoms with Crippen LogP contribution in [0.5, 0.6) is 0 Å². The maximum atomic E-state index is 16.1. The number of halogens is 2. The number of rotatable bonds is 9. The van der Waals surface area contributed by atoms with E-state index in [0.717, 1.165) is 45.1 Å². The molecule has 5 heterocycles. The molecule has 2 unspecified atom stereocenters. The first kappa shape index (κ1) is 38.1. The molecule has 0 saturated heterocycles. The van der Waals surface area contributed by atoms with Crippen LogP contribution in [-0.4, -0.2) is 72.2 Å². The highest BCUT2D eigenvalue weighted by Gasteiger charge is 2.36. The van der Waals surface area contributed by atoms with Gasteiger partial charge in [-0.05, 0) is 63.3 Å². The summed E-state index contributed by atoms with van der Waals surface area (Å²) in [5.41, 5.74) is 4.35. The van der Waals surface area contributed by atoms with Gasteiger partial charge in [-0.3, -0.25) is 14.3 Å². The number of amides is 1. The molecule has 13 heteroatoms. The van der Waals surface area contributed by atoms with Crippen LogP contribution in [0, 0.1) is 0 Å². The van der Waals surface area contributed by atoms with Crippen LogP contribution in [0.1, 0.15) is 78.0 Å². The molecule has 0 fully saturated rings. The number of allylic oxidation sites excluding steroid dienone is 3. The van der Waals surface area contributed by atoms with Gasteiger partial charge in [-0.1, -0.05) is 32.8 Å². The van der Waals surface area contributed by atoms with E-state index in [1.807, 2.05) is 92.9 Å². The Labute approximate surface area is 312 Å². The van der Waals surface area contributed by atoms with Gasteiger partial charge in [0.15, 0.2) is 0 Å². The second-order valence-electron chi connectivity index (χ2n) is 14.2. The average Bonchev–Trinajstić information content (AvgIpc) is 3.87. The highest BCUT2D eigenvalue weighted by molar-refractivity contribution is 7.17. The summed E-state index contributed by atoms with van der Waals surface area (Å²) in [6.45, 7) is 10.4. The number of alkyl halides is 1. The molecule has 0 spiro atoms. The van der Waals surface area contributed by atoms with Crippen molar-refractivity contribution in [3.63, 3.8) is 0 Å². The summed E-state index contributed by atoms with van der Waals surface area (Å²) >= 11 is 1.46. The predicted molar refractivity (Wildman–Crippen MR) is 206 cm³/mol. The maximum absolute atomic E-state index is 16.1. The molecule has 2 aliphatic rings. The third-order valence-electron chi connectivity index (χ3n) is 9.44. The Morgan fingerprint density at radius 1 is 1.11 bits per heavy atom. The normalized spacial score (nSPS) is 17.5. The molecule has 1 aliphatic carbocycles. The summed E-state index contributed by atoms with van der Waals surface area (Å²) in [6.07, 6.45) is 3.65. The quantitative estimate of drug-likeness (QED) is 0.150. The van der Waals surface area contributed by atoms with Crippen LogP contribution in [0.4, 0.5) is 13.6 Å². The largest absolute Gasteiger partial charge is 0.496 e. The number of methoxy groups -OCH3 is 1. The van der Waals surface area contributed by atoms with Gasteiger partial charge in [0, 0.05) is 58.3 Å². The van der Waals surface area contributed by atoms with E-state index in [9.17, 15) is 14.3 Å². The van der Waals surface area contributed by atoms with E-state index in [1.165, 1.54) is 24.5 Å². The first-order chi connectivity index (χ1) is 25.5. The molecule has 0 bridgehead atoms. The minimum Gasteiger partial charge on any atom is -0.496 e. The molecule has 1 aromatic carbocycles. The first-order valence-electron chi connectivity index (χ1n) is 18.2. The molecule has 53 heavy (non-hydrogen) atoms. The number of unbranched alkanes of at least 4 members (excludes halogenated alkanes) is 2.